The van der Waals surface area contributed by atoms with Gasteiger partial charge < -0.3 is 9.80 Å². The van der Waals surface area contributed by atoms with Gasteiger partial charge in [-0.1, -0.05) is 37.3 Å². The van der Waals surface area contributed by atoms with Gasteiger partial charge in [0.1, 0.15) is 0 Å². The molecule has 29 heavy (non-hydrogen) atoms. The van der Waals surface area contributed by atoms with Crippen LogP contribution in [0.2, 0.25) is 0 Å². The van der Waals surface area contributed by atoms with Crippen molar-refractivity contribution in [3.63, 3.8) is 0 Å². The molecule has 0 saturated carbocycles. The number of benzene rings is 1. The summed E-state index contributed by atoms with van der Waals surface area (Å²) in [4.78, 5) is 38.3. The number of imide groups is 1. The molecule has 0 aliphatic carbocycles. The minimum Gasteiger partial charge on any atom is -0.315 e. The number of nitrogens with zero attached hydrogens (tertiary/aromatic N) is 5. The molecule has 3 aliphatic heterocycles. The van der Waals surface area contributed by atoms with Gasteiger partial charge in [-0.05, 0) is 38.7 Å². The second-order valence-corrected chi connectivity index (χ2v) is 7.95. The van der Waals surface area contributed by atoms with Gasteiger partial charge in [0, 0.05) is 31.5 Å². The molecule has 1 fully saturated rings. The minimum atomic E-state index is -0.471. The second-order valence-electron chi connectivity index (χ2n) is 7.95. The van der Waals surface area contributed by atoms with E-state index in [0.29, 0.717) is 6.54 Å². The molecule has 0 radical (unpaired) electrons. The highest BCUT2D eigenvalue weighted by Crippen LogP contribution is 2.37. The summed E-state index contributed by atoms with van der Waals surface area (Å²) in [7, 11) is 1.75. The van der Waals surface area contributed by atoms with E-state index in [2.05, 4.69) is 30.9 Å². The third-order valence-corrected chi connectivity index (χ3v) is 6.14. The summed E-state index contributed by atoms with van der Waals surface area (Å²) in [5.41, 5.74) is 3.39. The molecule has 1 aromatic carbocycles. The number of likely N-dealkylation sites (N-methyl/N-ethyl adjacent to an activating group) is 1. The summed E-state index contributed by atoms with van der Waals surface area (Å²) in [6.07, 6.45) is 2.11. The van der Waals surface area contributed by atoms with Crippen LogP contribution in [-0.2, 0) is 11.2 Å². The molecule has 0 spiro atoms. The Hall–Kier alpha value is -2.83. The van der Waals surface area contributed by atoms with Gasteiger partial charge >= 0.3 is 6.03 Å². The van der Waals surface area contributed by atoms with Gasteiger partial charge in [-0.3, -0.25) is 14.6 Å². The summed E-state index contributed by atoms with van der Waals surface area (Å²) in [6.45, 7) is 7.50. The lowest BCUT2D eigenvalue weighted by molar-refractivity contribution is -0.136. The van der Waals surface area contributed by atoms with Gasteiger partial charge in [0.25, 0.3) is 5.91 Å². The second kappa shape index (κ2) is 7.54. The van der Waals surface area contributed by atoms with Crippen LogP contribution in [0.5, 0.6) is 0 Å². The van der Waals surface area contributed by atoms with Crippen molar-refractivity contribution in [2.75, 3.05) is 20.1 Å². The van der Waals surface area contributed by atoms with E-state index in [0.717, 1.165) is 43.2 Å². The van der Waals surface area contributed by atoms with E-state index >= 15 is 0 Å². The first-order valence-electron chi connectivity index (χ1n) is 10.4. The zero-order valence-electron chi connectivity index (χ0n) is 17.6. The Balaban J connectivity index is 1.53. The number of rotatable bonds is 6. The average Bonchev–Trinajstić information content (AvgIpc) is 3.22. The van der Waals surface area contributed by atoms with Crippen LogP contribution < -0.4 is 0 Å². The normalized spacial score (nSPS) is 23.8. The van der Waals surface area contributed by atoms with Gasteiger partial charge in [-0.2, -0.15) is 0 Å². The van der Waals surface area contributed by atoms with Crippen LogP contribution in [0.3, 0.4) is 0 Å². The molecule has 154 valence electrons. The van der Waals surface area contributed by atoms with Gasteiger partial charge in [-0.25, -0.2) is 9.79 Å². The van der Waals surface area contributed by atoms with Crippen LogP contribution >= 0.6 is 0 Å². The van der Waals surface area contributed by atoms with Crippen LogP contribution in [0.25, 0.3) is 0 Å². The molecule has 7 heteroatoms. The molecule has 1 saturated heterocycles. The quantitative estimate of drug-likeness (QED) is 0.743. The molecule has 2 unspecified atom stereocenters. The van der Waals surface area contributed by atoms with Crippen LogP contribution in [0.4, 0.5) is 4.79 Å². The first kappa shape index (κ1) is 19.5. The standard InChI is InChI=1S/C22H29N5O2/c1-5-13-25-15(2)16(3)27-18-19(23-21(25)27)24(4)22(29)26(20(18)28)14-9-12-17-10-7-6-8-11-17/h6-8,10-11,18-19H,5,9,12-14H2,1-4H3. The lowest BCUT2D eigenvalue weighted by Gasteiger charge is -2.40. The van der Waals surface area contributed by atoms with Crippen molar-refractivity contribution in [3.05, 3.63) is 47.3 Å². The summed E-state index contributed by atoms with van der Waals surface area (Å²) in [5, 5.41) is 0. The van der Waals surface area contributed by atoms with E-state index in [-0.39, 0.29) is 11.9 Å². The lowest BCUT2D eigenvalue weighted by Crippen LogP contribution is -2.64. The van der Waals surface area contributed by atoms with Gasteiger partial charge in [0.2, 0.25) is 5.96 Å². The monoisotopic (exact) mass is 395 g/mol. The predicted molar refractivity (Wildman–Crippen MR) is 112 cm³/mol. The highest BCUT2D eigenvalue weighted by molar-refractivity contribution is 6.05. The largest absolute Gasteiger partial charge is 0.328 e. The van der Waals surface area contributed by atoms with Crippen LogP contribution in [0.15, 0.2) is 46.7 Å². The first-order valence-corrected chi connectivity index (χ1v) is 10.4. The number of carbonyl (C=O) groups excluding carboxylic acids is 2. The molecule has 7 nitrogen and oxygen atoms in total. The van der Waals surface area contributed by atoms with Crippen molar-refractivity contribution in [1.82, 2.24) is 19.6 Å². The fraction of sp³-hybridized carbons (Fsp3) is 0.500. The molecule has 0 N–H and O–H groups in total. The molecule has 4 rings (SSSR count). The number of amides is 3. The molecular weight excluding hydrogens is 366 g/mol. The zero-order chi connectivity index (χ0) is 20.7. The SMILES string of the molecule is CCCN1C2=NC3C(C(=O)N(CCCc4ccccc4)C(=O)N3C)N2C(C)=C1C. The van der Waals surface area contributed by atoms with Crippen molar-refractivity contribution >= 4 is 17.9 Å². The van der Waals surface area contributed by atoms with E-state index in [1.165, 1.54) is 10.5 Å². The van der Waals surface area contributed by atoms with Crippen molar-refractivity contribution in [1.29, 1.82) is 0 Å². The number of allylic oxidation sites excluding steroid dienone is 2. The number of fused-ring (bicyclic) bond motifs is 3. The number of carbonyl (C=O) groups is 2. The number of guanidine groups is 1. The average molecular weight is 396 g/mol. The summed E-state index contributed by atoms with van der Waals surface area (Å²) < 4.78 is 0. The lowest BCUT2D eigenvalue weighted by atomic mass is 10.1. The highest BCUT2D eigenvalue weighted by Gasteiger charge is 2.55. The van der Waals surface area contributed by atoms with E-state index in [4.69, 9.17) is 4.99 Å². The van der Waals surface area contributed by atoms with Crippen LogP contribution in [-0.4, -0.2) is 69.8 Å². The Kier molecular flexibility index (Phi) is 5.06. The Bertz CT molecular complexity index is 878. The molecule has 3 amide bonds. The maximum atomic E-state index is 13.4. The molecule has 3 heterocycles. The van der Waals surface area contributed by atoms with Gasteiger partial charge in [0.15, 0.2) is 12.2 Å². The molecule has 1 aromatic rings. The van der Waals surface area contributed by atoms with E-state index in [1.54, 1.807) is 11.9 Å². The number of hydrogen-bond donors (Lipinski definition) is 0. The Morgan fingerprint density at radius 3 is 2.41 bits per heavy atom. The summed E-state index contributed by atoms with van der Waals surface area (Å²) in [5.74, 6) is 0.659. The number of hydrogen-bond acceptors (Lipinski definition) is 5. The Labute approximate surface area is 172 Å². The van der Waals surface area contributed by atoms with Crippen molar-refractivity contribution < 1.29 is 9.59 Å². The molecule has 3 aliphatic rings. The Morgan fingerprint density at radius 2 is 1.72 bits per heavy atom. The third kappa shape index (κ3) is 3.09. The smallest absolute Gasteiger partial charge is 0.315 e. The first-order chi connectivity index (χ1) is 14.0. The molecule has 0 bridgehead atoms. The van der Waals surface area contributed by atoms with Gasteiger partial charge in [0.05, 0.1) is 0 Å². The number of urea groups is 1. The zero-order valence-corrected chi connectivity index (χ0v) is 17.6. The van der Waals surface area contributed by atoms with E-state index in [1.807, 2.05) is 30.0 Å². The van der Waals surface area contributed by atoms with Crippen LogP contribution in [0, 0.1) is 0 Å². The maximum absolute atomic E-state index is 13.4. The molecule has 0 aromatic heterocycles. The van der Waals surface area contributed by atoms with Crippen molar-refractivity contribution in [2.45, 2.75) is 52.2 Å². The third-order valence-electron chi connectivity index (χ3n) is 6.14. The Morgan fingerprint density at radius 1 is 1.00 bits per heavy atom. The highest BCUT2D eigenvalue weighted by atomic mass is 16.2. The van der Waals surface area contributed by atoms with E-state index < -0.39 is 12.2 Å². The fourth-order valence-corrected chi connectivity index (χ4v) is 4.46. The van der Waals surface area contributed by atoms with Crippen molar-refractivity contribution in [3.8, 4) is 0 Å². The number of aliphatic imine (C=N–C) groups is 1. The topological polar surface area (TPSA) is 59.5 Å². The van der Waals surface area contributed by atoms with E-state index in [9.17, 15) is 9.59 Å². The minimum absolute atomic E-state index is 0.143. The summed E-state index contributed by atoms with van der Waals surface area (Å²) >= 11 is 0. The summed E-state index contributed by atoms with van der Waals surface area (Å²) in [6, 6.07) is 9.43. The molecule has 2 atom stereocenters. The fourth-order valence-electron chi connectivity index (χ4n) is 4.46. The maximum Gasteiger partial charge on any atom is 0.328 e. The van der Waals surface area contributed by atoms with Gasteiger partial charge in [-0.15, -0.1) is 0 Å². The molecular formula is C22H29N5O2. The predicted octanol–water partition coefficient (Wildman–Crippen LogP) is 2.86. The van der Waals surface area contributed by atoms with Crippen LogP contribution in [0.1, 0.15) is 39.2 Å². The van der Waals surface area contributed by atoms with Crippen molar-refractivity contribution in [2.24, 2.45) is 4.99 Å². The number of aryl methyl sites for hydroxylation is 1.